The van der Waals surface area contributed by atoms with Gasteiger partial charge in [-0.1, -0.05) is 29.8 Å². The quantitative estimate of drug-likeness (QED) is 0.757. The molecule has 0 atom stereocenters. The van der Waals surface area contributed by atoms with Gasteiger partial charge in [-0.25, -0.2) is 0 Å². The zero-order valence-corrected chi connectivity index (χ0v) is 11.7. The van der Waals surface area contributed by atoms with Crippen LogP contribution in [0.15, 0.2) is 42.5 Å². The summed E-state index contributed by atoms with van der Waals surface area (Å²) in [5.41, 5.74) is 7.30. The van der Waals surface area contributed by atoms with E-state index in [1.807, 2.05) is 0 Å². The molecule has 0 radical (unpaired) electrons. The van der Waals surface area contributed by atoms with Crippen LogP contribution in [0.3, 0.4) is 0 Å². The molecule has 108 valence electrons. The van der Waals surface area contributed by atoms with Crippen molar-refractivity contribution in [3.8, 4) is 0 Å². The van der Waals surface area contributed by atoms with Gasteiger partial charge in [0.1, 0.15) is 0 Å². The molecule has 21 heavy (non-hydrogen) atoms. The highest BCUT2D eigenvalue weighted by atomic mass is 35.5. The molecule has 6 heteroatoms. The second-order valence-electron chi connectivity index (χ2n) is 4.42. The number of halogens is 1. The Hall–Kier alpha value is -2.53. The van der Waals surface area contributed by atoms with E-state index < -0.39 is 5.97 Å². The lowest BCUT2D eigenvalue weighted by Gasteiger charge is -2.10. The third kappa shape index (κ3) is 3.73. The highest BCUT2D eigenvalue weighted by Crippen LogP contribution is 2.21. The lowest BCUT2D eigenvalue weighted by molar-refractivity contribution is -0.136. The topological polar surface area (TPSA) is 92.4 Å². The van der Waals surface area contributed by atoms with Crippen molar-refractivity contribution in [1.29, 1.82) is 0 Å². The number of carboxylic acids is 1. The molecule has 0 fully saturated rings. The van der Waals surface area contributed by atoms with Crippen molar-refractivity contribution in [1.82, 2.24) is 0 Å². The van der Waals surface area contributed by atoms with E-state index >= 15 is 0 Å². The number of hydrogen-bond donors (Lipinski definition) is 3. The second kappa shape index (κ2) is 6.28. The molecule has 0 saturated carbocycles. The summed E-state index contributed by atoms with van der Waals surface area (Å²) < 4.78 is 0. The molecule has 5 nitrogen and oxygen atoms in total. The van der Waals surface area contributed by atoms with E-state index in [2.05, 4.69) is 5.32 Å². The molecular formula is C15H13ClN2O3. The number of benzene rings is 2. The van der Waals surface area contributed by atoms with Crippen LogP contribution in [0.1, 0.15) is 15.9 Å². The molecule has 0 aliphatic carbocycles. The first-order chi connectivity index (χ1) is 9.97. The van der Waals surface area contributed by atoms with Crippen molar-refractivity contribution in [3.05, 3.63) is 58.6 Å². The maximum absolute atomic E-state index is 12.2. The van der Waals surface area contributed by atoms with Crippen molar-refractivity contribution >= 4 is 34.9 Å². The Bertz CT molecular complexity index is 701. The fourth-order valence-electron chi connectivity index (χ4n) is 1.84. The predicted octanol–water partition coefficient (Wildman–Crippen LogP) is 2.80. The number of carbonyl (C=O) groups excluding carboxylic acids is 1. The summed E-state index contributed by atoms with van der Waals surface area (Å²) in [7, 11) is 0. The lowest BCUT2D eigenvalue weighted by Crippen LogP contribution is -2.14. The van der Waals surface area contributed by atoms with Crippen LogP contribution >= 0.6 is 11.6 Å². The van der Waals surface area contributed by atoms with Gasteiger partial charge < -0.3 is 16.2 Å². The van der Waals surface area contributed by atoms with Crippen LogP contribution in [0.25, 0.3) is 0 Å². The lowest BCUT2D eigenvalue weighted by atomic mass is 10.1. The predicted molar refractivity (Wildman–Crippen MR) is 81.6 cm³/mol. The number of hydrogen-bond acceptors (Lipinski definition) is 3. The number of carbonyl (C=O) groups is 2. The van der Waals surface area contributed by atoms with Crippen molar-refractivity contribution in [2.75, 3.05) is 11.1 Å². The van der Waals surface area contributed by atoms with E-state index in [9.17, 15) is 9.59 Å². The summed E-state index contributed by atoms with van der Waals surface area (Å²) in [5, 5.41) is 11.9. The Balaban J connectivity index is 2.23. The number of para-hydroxylation sites is 1. The first-order valence-corrected chi connectivity index (χ1v) is 6.51. The molecule has 0 aliphatic heterocycles. The zero-order chi connectivity index (χ0) is 15.4. The van der Waals surface area contributed by atoms with Crippen LogP contribution in [0.4, 0.5) is 11.4 Å². The average molecular weight is 305 g/mol. The van der Waals surface area contributed by atoms with E-state index in [4.69, 9.17) is 22.4 Å². The Labute approximate surface area is 126 Å². The summed E-state index contributed by atoms with van der Waals surface area (Å²) in [4.78, 5) is 23.0. The SMILES string of the molecule is Nc1cc(C(=O)Nc2ccccc2CC(=O)O)ccc1Cl. The van der Waals surface area contributed by atoms with Gasteiger partial charge in [-0.2, -0.15) is 0 Å². The third-order valence-electron chi connectivity index (χ3n) is 2.87. The van der Waals surface area contributed by atoms with Crippen molar-refractivity contribution in [3.63, 3.8) is 0 Å². The number of amides is 1. The van der Waals surface area contributed by atoms with Gasteiger partial charge in [0.2, 0.25) is 0 Å². The largest absolute Gasteiger partial charge is 0.481 e. The average Bonchev–Trinajstić information content (AvgIpc) is 2.43. The summed E-state index contributed by atoms with van der Waals surface area (Å²) in [5.74, 6) is -1.34. The fourth-order valence-corrected chi connectivity index (χ4v) is 1.96. The monoisotopic (exact) mass is 304 g/mol. The second-order valence-corrected chi connectivity index (χ2v) is 4.83. The number of anilines is 2. The molecule has 2 aromatic carbocycles. The van der Waals surface area contributed by atoms with E-state index in [0.29, 0.717) is 27.5 Å². The number of rotatable bonds is 4. The number of nitrogens with one attached hydrogen (secondary N) is 1. The summed E-state index contributed by atoms with van der Waals surface area (Å²) in [6.45, 7) is 0. The van der Waals surface area contributed by atoms with Gasteiger partial charge in [0.05, 0.1) is 17.1 Å². The van der Waals surface area contributed by atoms with Gasteiger partial charge in [0.15, 0.2) is 0 Å². The number of nitrogen functional groups attached to an aromatic ring is 1. The van der Waals surface area contributed by atoms with E-state index in [1.54, 1.807) is 30.3 Å². The summed E-state index contributed by atoms with van der Waals surface area (Å²) in [6.07, 6.45) is -0.167. The van der Waals surface area contributed by atoms with Gasteiger partial charge >= 0.3 is 5.97 Å². The molecule has 0 spiro atoms. The van der Waals surface area contributed by atoms with E-state index in [-0.39, 0.29) is 12.3 Å². The number of aliphatic carboxylic acids is 1. The van der Waals surface area contributed by atoms with Crippen molar-refractivity contribution in [2.24, 2.45) is 0 Å². The Morgan fingerprint density at radius 3 is 2.57 bits per heavy atom. The standard InChI is InChI=1S/C15H13ClN2O3/c16-11-6-5-10(7-12(11)17)15(21)18-13-4-2-1-3-9(13)8-14(19)20/h1-7H,8,17H2,(H,18,21)(H,19,20). The molecule has 0 aliphatic rings. The molecule has 0 aromatic heterocycles. The van der Waals surface area contributed by atoms with Gasteiger partial charge in [-0.05, 0) is 29.8 Å². The van der Waals surface area contributed by atoms with E-state index in [0.717, 1.165) is 0 Å². The maximum atomic E-state index is 12.2. The van der Waals surface area contributed by atoms with Crippen LogP contribution in [-0.4, -0.2) is 17.0 Å². The Morgan fingerprint density at radius 1 is 1.19 bits per heavy atom. The molecule has 0 bridgehead atoms. The van der Waals surface area contributed by atoms with Gasteiger partial charge in [0, 0.05) is 11.3 Å². The van der Waals surface area contributed by atoms with Crippen molar-refractivity contribution in [2.45, 2.75) is 6.42 Å². The number of carboxylic acid groups (broad SMARTS) is 1. The minimum absolute atomic E-state index is 0.167. The Kier molecular flexibility index (Phi) is 4.45. The van der Waals surface area contributed by atoms with Crippen LogP contribution in [-0.2, 0) is 11.2 Å². The van der Waals surface area contributed by atoms with Gasteiger partial charge in [0.25, 0.3) is 5.91 Å². The van der Waals surface area contributed by atoms with Crippen LogP contribution < -0.4 is 11.1 Å². The first kappa shape index (κ1) is 14.9. The summed E-state index contributed by atoms with van der Waals surface area (Å²) in [6, 6.07) is 11.3. The molecular weight excluding hydrogens is 292 g/mol. The first-order valence-electron chi connectivity index (χ1n) is 6.13. The van der Waals surface area contributed by atoms with Gasteiger partial charge in [-0.15, -0.1) is 0 Å². The van der Waals surface area contributed by atoms with Crippen LogP contribution in [0.5, 0.6) is 0 Å². The van der Waals surface area contributed by atoms with Crippen LogP contribution in [0, 0.1) is 0 Å². The molecule has 1 amide bonds. The molecule has 4 N–H and O–H groups in total. The van der Waals surface area contributed by atoms with Crippen LogP contribution in [0.2, 0.25) is 5.02 Å². The molecule has 0 heterocycles. The van der Waals surface area contributed by atoms with Gasteiger partial charge in [-0.3, -0.25) is 9.59 Å². The van der Waals surface area contributed by atoms with Crippen molar-refractivity contribution < 1.29 is 14.7 Å². The molecule has 2 aromatic rings. The zero-order valence-electron chi connectivity index (χ0n) is 11.0. The molecule has 0 unspecified atom stereocenters. The third-order valence-corrected chi connectivity index (χ3v) is 3.21. The minimum Gasteiger partial charge on any atom is -0.481 e. The highest BCUT2D eigenvalue weighted by molar-refractivity contribution is 6.33. The normalized spacial score (nSPS) is 10.1. The summed E-state index contributed by atoms with van der Waals surface area (Å²) >= 11 is 5.81. The van der Waals surface area contributed by atoms with E-state index in [1.165, 1.54) is 12.1 Å². The number of nitrogens with two attached hydrogens (primary N) is 1. The highest BCUT2D eigenvalue weighted by Gasteiger charge is 2.11. The maximum Gasteiger partial charge on any atom is 0.307 e. The Morgan fingerprint density at radius 2 is 1.90 bits per heavy atom. The smallest absolute Gasteiger partial charge is 0.307 e. The minimum atomic E-state index is -0.965. The fraction of sp³-hybridized carbons (Fsp3) is 0.0667. The molecule has 2 rings (SSSR count). The molecule has 0 saturated heterocycles.